The van der Waals surface area contributed by atoms with Crippen LogP contribution in [0, 0.1) is 35.5 Å². The van der Waals surface area contributed by atoms with Crippen LogP contribution in [0.25, 0.3) is 0 Å². The fraction of sp³-hybridized carbons (Fsp3) is 1.00. The Hall–Kier alpha value is 0.440. The van der Waals surface area contributed by atoms with E-state index in [0.717, 1.165) is 35.5 Å². The normalized spacial score (nSPS) is 104. The molecule has 0 aromatic carbocycles. The van der Waals surface area contributed by atoms with Crippen LogP contribution in [-0.4, -0.2) is 9.86 Å². The van der Waals surface area contributed by atoms with E-state index < -0.39 is 0 Å². The first-order valence-corrected chi connectivity index (χ1v) is 5.00. The van der Waals surface area contributed by atoms with E-state index in [2.05, 4.69) is 15.9 Å². The summed E-state index contributed by atoms with van der Waals surface area (Å²) in [6.45, 7) is 0. The molecular formula is C8H8BrN. The Morgan fingerprint density at radius 3 is 1.60 bits per heavy atom. The molecule has 0 saturated heterocycles. The van der Waals surface area contributed by atoms with Gasteiger partial charge in [0.05, 0.1) is 0 Å². The Bertz CT molecular complexity index is 214. The predicted molar refractivity (Wildman–Crippen MR) is 39.5 cm³/mol. The molecule has 10 heavy (non-hydrogen) atoms. The van der Waals surface area contributed by atoms with E-state index in [9.17, 15) is 0 Å². The number of nitrogens with two attached hydrogens (primary N) is 1. The molecule has 0 aromatic heterocycles. The van der Waals surface area contributed by atoms with E-state index in [1.54, 1.807) is 0 Å². The van der Waals surface area contributed by atoms with Crippen LogP contribution in [-0.2, 0) is 0 Å². The van der Waals surface area contributed by atoms with Crippen molar-refractivity contribution in [3.8, 4) is 0 Å². The van der Waals surface area contributed by atoms with Crippen LogP contribution in [0.1, 0.15) is 0 Å². The van der Waals surface area contributed by atoms with E-state index in [1.807, 2.05) is 0 Å². The van der Waals surface area contributed by atoms with E-state index in [1.165, 1.54) is 0 Å². The van der Waals surface area contributed by atoms with Crippen molar-refractivity contribution in [2.75, 3.05) is 0 Å². The lowest BCUT2D eigenvalue weighted by Gasteiger charge is -3.09. The molecule has 6 fully saturated rings. The molecule has 52 valence electrons. The second-order valence-electron chi connectivity index (χ2n) is 4.98. The Kier molecular flexibility index (Phi) is 0.324. The van der Waals surface area contributed by atoms with E-state index in [4.69, 9.17) is 5.73 Å². The zero-order valence-electron chi connectivity index (χ0n) is 5.42. The topological polar surface area (TPSA) is 26.0 Å². The van der Waals surface area contributed by atoms with E-state index in [0.29, 0.717) is 9.86 Å². The van der Waals surface area contributed by atoms with Gasteiger partial charge in [0.1, 0.15) is 0 Å². The smallest absolute Gasteiger partial charge is 0.0363 e. The maximum atomic E-state index is 6.22. The highest BCUT2D eigenvalue weighted by Crippen LogP contribution is 3.04. The van der Waals surface area contributed by atoms with Gasteiger partial charge in [0.15, 0.2) is 0 Å². The summed E-state index contributed by atoms with van der Waals surface area (Å²) in [5, 5.41) is 0. The molecule has 6 aliphatic rings. The fourth-order valence-corrected chi connectivity index (χ4v) is 7.19. The maximum absolute atomic E-state index is 6.22. The summed E-state index contributed by atoms with van der Waals surface area (Å²) in [6, 6.07) is 0. The van der Waals surface area contributed by atoms with Crippen molar-refractivity contribution in [1.29, 1.82) is 0 Å². The third-order valence-electron chi connectivity index (χ3n) is 5.59. The molecule has 0 spiro atoms. The van der Waals surface area contributed by atoms with Crippen molar-refractivity contribution in [2.45, 2.75) is 9.86 Å². The molecule has 0 radical (unpaired) electrons. The number of hydrogen-bond acceptors (Lipinski definition) is 1. The third kappa shape index (κ3) is 0.128. The molecule has 6 aliphatic carbocycles. The van der Waals surface area contributed by atoms with Crippen molar-refractivity contribution in [3.05, 3.63) is 0 Å². The van der Waals surface area contributed by atoms with Gasteiger partial charge in [0, 0.05) is 9.86 Å². The van der Waals surface area contributed by atoms with Gasteiger partial charge in [-0.15, -0.1) is 0 Å². The Morgan fingerprint density at radius 1 is 0.900 bits per heavy atom. The number of alkyl halides is 1. The molecule has 2 N–H and O–H groups in total. The Balaban J connectivity index is 1.87. The molecule has 0 heterocycles. The first-order valence-electron chi connectivity index (χ1n) is 4.21. The van der Waals surface area contributed by atoms with E-state index in [-0.39, 0.29) is 0 Å². The molecule has 0 aromatic rings. The van der Waals surface area contributed by atoms with Gasteiger partial charge in [-0.2, -0.15) is 0 Å². The summed E-state index contributed by atoms with van der Waals surface area (Å²) in [7, 11) is 0. The molecule has 0 unspecified atom stereocenters. The molecule has 2 heteroatoms. The van der Waals surface area contributed by atoms with Crippen molar-refractivity contribution in [3.63, 3.8) is 0 Å². The average molecular weight is 198 g/mol. The number of hydrogen-bond donors (Lipinski definition) is 1. The van der Waals surface area contributed by atoms with Crippen LogP contribution < -0.4 is 5.73 Å². The predicted octanol–water partition coefficient (Wildman–Crippen LogP) is 0.583. The minimum absolute atomic E-state index is 0.412. The van der Waals surface area contributed by atoms with Gasteiger partial charge in [-0.3, -0.25) is 0 Å². The summed E-state index contributed by atoms with van der Waals surface area (Å²) in [4.78, 5) is 0. The summed E-state index contributed by atoms with van der Waals surface area (Å²) in [5.41, 5.74) is 6.63. The SMILES string of the molecule is NC12C3C4C1C1C2C3C41Br. The van der Waals surface area contributed by atoms with Crippen molar-refractivity contribution >= 4 is 15.9 Å². The monoisotopic (exact) mass is 197 g/mol. The van der Waals surface area contributed by atoms with Crippen molar-refractivity contribution in [1.82, 2.24) is 0 Å². The van der Waals surface area contributed by atoms with Gasteiger partial charge in [0.2, 0.25) is 0 Å². The molecule has 0 amide bonds. The van der Waals surface area contributed by atoms with Gasteiger partial charge in [0.25, 0.3) is 0 Å². The molecule has 6 saturated carbocycles. The summed E-state index contributed by atoms with van der Waals surface area (Å²) in [6.07, 6.45) is 0. The average Bonchev–Trinajstić information content (AvgIpc) is 1.99. The van der Waals surface area contributed by atoms with Crippen molar-refractivity contribution in [2.24, 2.45) is 41.2 Å². The van der Waals surface area contributed by atoms with Crippen LogP contribution in [0.3, 0.4) is 0 Å². The Labute approximate surface area is 67.5 Å². The van der Waals surface area contributed by atoms with Crippen LogP contribution >= 0.6 is 15.9 Å². The molecule has 1 nitrogen and oxygen atoms in total. The van der Waals surface area contributed by atoms with Crippen LogP contribution in [0.5, 0.6) is 0 Å². The summed E-state index contributed by atoms with van der Waals surface area (Å²) < 4.78 is 0.675. The first-order chi connectivity index (χ1) is 4.73. The zero-order valence-corrected chi connectivity index (χ0v) is 7.01. The Morgan fingerprint density at radius 2 is 1.30 bits per heavy atom. The number of halogens is 1. The fourth-order valence-electron chi connectivity index (χ4n) is 5.48. The summed E-state index contributed by atoms with van der Waals surface area (Å²) >= 11 is 3.89. The van der Waals surface area contributed by atoms with Gasteiger partial charge in [-0.1, -0.05) is 15.9 Å². The minimum Gasteiger partial charge on any atom is -0.324 e. The maximum Gasteiger partial charge on any atom is 0.0363 e. The number of rotatable bonds is 0. The van der Waals surface area contributed by atoms with Gasteiger partial charge < -0.3 is 5.73 Å². The van der Waals surface area contributed by atoms with Crippen LogP contribution in [0.4, 0.5) is 0 Å². The highest BCUT2D eigenvalue weighted by molar-refractivity contribution is 9.10. The molecule has 0 bridgehead atoms. The van der Waals surface area contributed by atoms with Gasteiger partial charge in [-0.05, 0) is 35.5 Å². The highest BCUT2D eigenvalue weighted by Gasteiger charge is 3.08. The highest BCUT2D eigenvalue weighted by atomic mass is 79.9. The zero-order chi connectivity index (χ0) is 6.46. The second kappa shape index (κ2) is 0.726. The standard InChI is InChI=1S/C8H8BrN/c9-7-1-4-2(7)6-3(7)5(1)8(4,6)10/h1-6H,10H2. The third-order valence-corrected chi connectivity index (χ3v) is 7.17. The lowest BCUT2D eigenvalue weighted by molar-refractivity contribution is -0.550. The largest absolute Gasteiger partial charge is 0.324 e. The van der Waals surface area contributed by atoms with Gasteiger partial charge >= 0.3 is 0 Å². The quantitative estimate of drug-likeness (QED) is 0.566. The lowest BCUT2D eigenvalue weighted by atomic mass is 8.98. The second-order valence-corrected chi connectivity index (χ2v) is 6.36. The molecule has 0 aliphatic heterocycles. The first kappa shape index (κ1) is 4.46. The van der Waals surface area contributed by atoms with Crippen molar-refractivity contribution < 1.29 is 0 Å². The minimum atomic E-state index is 0.412. The van der Waals surface area contributed by atoms with Gasteiger partial charge in [-0.25, -0.2) is 0 Å². The lowest BCUT2D eigenvalue weighted by Crippen LogP contribution is -3.16. The molecule has 0 atom stereocenters. The molecular weight excluding hydrogens is 190 g/mol. The van der Waals surface area contributed by atoms with E-state index >= 15 is 0 Å². The van der Waals surface area contributed by atoms with Crippen LogP contribution in [0.2, 0.25) is 0 Å². The van der Waals surface area contributed by atoms with Crippen LogP contribution in [0.15, 0.2) is 0 Å². The summed E-state index contributed by atoms with van der Waals surface area (Å²) in [5.74, 6) is 6.05. The molecule has 6 rings (SSSR count).